The van der Waals surface area contributed by atoms with Gasteiger partial charge >= 0.3 is 0 Å². The number of carbonyl (C=O) groups excluding carboxylic acids is 1. The topological polar surface area (TPSA) is 17.1 Å². The summed E-state index contributed by atoms with van der Waals surface area (Å²) in [6.07, 6.45) is 17.6. The van der Waals surface area contributed by atoms with Crippen LogP contribution >= 0.6 is 0 Å². The van der Waals surface area contributed by atoms with Gasteiger partial charge in [-0.15, -0.1) is 0 Å². The molecular formula is C20H36O. The highest BCUT2D eigenvalue weighted by atomic mass is 16.1. The maximum atomic E-state index is 11.1. The van der Waals surface area contributed by atoms with Crippen LogP contribution in [0.1, 0.15) is 90.9 Å². The number of aldehydes is 1. The molecule has 0 spiro atoms. The molecule has 2 aliphatic carbocycles. The minimum atomic E-state index is 0.388. The summed E-state index contributed by atoms with van der Waals surface area (Å²) in [7, 11) is 0. The Kier molecular flexibility index (Phi) is 7.26. The van der Waals surface area contributed by atoms with Crippen LogP contribution in [-0.4, -0.2) is 6.29 Å². The molecular weight excluding hydrogens is 256 g/mol. The van der Waals surface area contributed by atoms with Gasteiger partial charge in [0, 0.05) is 5.92 Å². The van der Waals surface area contributed by atoms with Crippen molar-refractivity contribution < 1.29 is 4.79 Å². The van der Waals surface area contributed by atoms with E-state index in [2.05, 4.69) is 13.8 Å². The molecule has 0 aromatic heterocycles. The van der Waals surface area contributed by atoms with Gasteiger partial charge in [0.2, 0.25) is 0 Å². The van der Waals surface area contributed by atoms with Gasteiger partial charge < -0.3 is 4.79 Å². The van der Waals surface area contributed by atoms with Gasteiger partial charge in [0.15, 0.2) is 0 Å². The fourth-order valence-electron chi connectivity index (χ4n) is 4.92. The first-order valence-electron chi connectivity index (χ1n) is 9.66. The molecule has 2 fully saturated rings. The van der Waals surface area contributed by atoms with E-state index in [0.29, 0.717) is 11.8 Å². The number of hydrogen-bond donors (Lipinski definition) is 0. The van der Waals surface area contributed by atoms with E-state index in [0.717, 1.165) is 24.2 Å². The summed E-state index contributed by atoms with van der Waals surface area (Å²) in [6, 6.07) is 0. The molecule has 5 unspecified atom stereocenters. The monoisotopic (exact) mass is 292 g/mol. The smallest absolute Gasteiger partial charge is 0.123 e. The summed E-state index contributed by atoms with van der Waals surface area (Å²) < 4.78 is 0. The van der Waals surface area contributed by atoms with Crippen molar-refractivity contribution in [2.75, 3.05) is 0 Å². The largest absolute Gasteiger partial charge is 0.303 e. The highest BCUT2D eigenvalue weighted by Gasteiger charge is 2.25. The molecule has 0 aromatic carbocycles. The Labute approximate surface area is 132 Å². The number of carbonyl (C=O) groups is 1. The van der Waals surface area contributed by atoms with Gasteiger partial charge in [-0.1, -0.05) is 58.8 Å². The summed E-state index contributed by atoms with van der Waals surface area (Å²) in [5.74, 6) is 4.01. The van der Waals surface area contributed by atoms with Crippen molar-refractivity contribution in [3.05, 3.63) is 0 Å². The molecule has 2 rings (SSSR count). The number of unbranched alkanes of at least 4 members (excludes halogenated alkanes) is 2. The SMILES string of the molecule is CC1CCC(CCCCCC2CCCCC2C=O)C(C)C1. The number of rotatable bonds is 7. The van der Waals surface area contributed by atoms with E-state index in [-0.39, 0.29) is 0 Å². The van der Waals surface area contributed by atoms with E-state index < -0.39 is 0 Å². The van der Waals surface area contributed by atoms with Crippen LogP contribution in [-0.2, 0) is 4.79 Å². The van der Waals surface area contributed by atoms with Crippen molar-refractivity contribution in [1.29, 1.82) is 0 Å². The Morgan fingerprint density at radius 3 is 2.29 bits per heavy atom. The quantitative estimate of drug-likeness (QED) is 0.414. The average Bonchev–Trinajstić information content (AvgIpc) is 2.49. The van der Waals surface area contributed by atoms with Gasteiger partial charge in [-0.05, 0) is 55.8 Å². The van der Waals surface area contributed by atoms with Gasteiger partial charge in [-0.2, -0.15) is 0 Å². The van der Waals surface area contributed by atoms with Gasteiger partial charge in [-0.3, -0.25) is 0 Å². The van der Waals surface area contributed by atoms with E-state index in [9.17, 15) is 4.79 Å². The van der Waals surface area contributed by atoms with E-state index in [4.69, 9.17) is 0 Å². The lowest BCUT2D eigenvalue weighted by Gasteiger charge is -2.32. The van der Waals surface area contributed by atoms with Crippen molar-refractivity contribution in [3.8, 4) is 0 Å². The minimum Gasteiger partial charge on any atom is -0.303 e. The maximum Gasteiger partial charge on any atom is 0.123 e. The summed E-state index contributed by atoms with van der Waals surface area (Å²) in [6.45, 7) is 4.89. The lowest BCUT2D eigenvalue weighted by atomic mass is 9.73. The molecule has 1 nitrogen and oxygen atoms in total. The summed E-state index contributed by atoms with van der Waals surface area (Å²) in [5.41, 5.74) is 0. The molecule has 0 amide bonds. The van der Waals surface area contributed by atoms with Crippen LogP contribution in [0.2, 0.25) is 0 Å². The molecule has 0 saturated heterocycles. The highest BCUT2D eigenvalue weighted by Crippen LogP contribution is 2.37. The Morgan fingerprint density at radius 2 is 1.57 bits per heavy atom. The van der Waals surface area contributed by atoms with Gasteiger partial charge in [0.1, 0.15) is 6.29 Å². The van der Waals surface area contributed by atoms with Gasteiger partial charge in [0.25, 0.3) is 0 Å². The van der Waals surface area contributed by atoms with Crippen molar-refractivity contribution in [2.24, 2.45) is 29.6 Å². The maximum absolute atomic E-state index is 11.1. The third-order valence-electron chi connectivity index (χ3n) is 6.40. The zero-order valence-electron chi connectivity index (χ0n) is 14.4. The third-order valence-corrected chi connectivity index (χ3v) is 6.40. The lowest BCUT2D eigenvalue weighted by molar-refractivity contribution is -0.113. The molecule has 2 saturated carbocycles. The predicted molar refractivity (Wildman–Crippen MR) is 90.3 cm³/mol. The Balaban J connectivity index is 1.56. The van der Waals surface area contributed by atoms with Crippen LogP contribution < -0.4 is 0 Å². The van der Waals surface area contributed by atoms with Gasteiger partial charge in [0.05, 0.1) is 0 Å². The molecule has 0 aromatic rings. The van der Waals surface area contributed by atoms with Crippen LogP contribution in [0, 0.1) is 29.6 Å². The molecule has 5 atom stereocenters. The number of hydrogen-bond acceptors (Lipinski definition) is 1. The average molecular weight is 293 g/mol. The van der Waals surface area contributed by atoms with Crippen molar-refractivity contribution in [3.63, 3.8) is 0 Å². The first-order valence-corrected chi connectivity index (χ1v) is 9.66. The zero-order chi connectivity index (χ0) is 15.1. The second kappa shape index (κ2) is 8.96. The molecule has 0 N–H and O–H groups in total. The summed E-state index contributed by atoms with van der Waals surface area (Å²) in [4.78, 5) is 11.1. The van der Waals surface area contributed by atoms with Crippen molar-refractivity contribution in [1.82, 2.24) is 0 Å². The molecule has 21 heavy (non-hydrogen) atoms. The second-order valence-corrected chi connectivity index (χ2v) is 8.14. The minimum absolute atomic E-state index is 0.388. The van der Waals surface area contributed by atoms with Crippen LogP contribution in [0.5, 0.6) is 0 Å². The van der Waals surface area contributed by atoms with Crippen molar-refractivity contribution >= 4 is 6.29 Å². The van der Waals surface area contributed by atoms with Crippen molar-refractivity contribution in [2.45, 2.75) is 90.9 Å². The molecule has 2 aliphatic rings. The third kappa shape index (κ3) is 5.42. The normalized spacial score (nSPS) is 37.3. The molecule has 1 heteroatoms. The standard InChI is InChI=1S/C20H36O/c1-16-12-13-18(17(2)14-16)8-4-3-5-9-19-10-6-7-11-20(19)15-21/h15-20H,3-14H2,1-2H3. The van der Waals surface area contributed by atoms with Crippen LogP contribution in [0.3, 0.4) is 0 Å². The molecule has 0 aliphatic heterocycles. The summed E-state index contributed by atoms with van der Waals surface area (Å²) in [5, 5.41) is 0. The molecule has 0 heterocycles. The second-order valence-electron chi connectivity index (χ2n) is 8.14. The first-order chi connectivity index (χ1) is 10.2. The van der Waals surface area contributed by atoms with E-state index in [1.54, 1.807) is 0 Å². The first kappa shape index (κ1) is 17.0. The molecule has 0 bridgehead atoms. The van der Waals surface area contributed by atoms with E-state index in [1.807, 2.05) is 0 Å². The van der Waals surface area contributed by atoms with Gasteiger partial charge in [-0.25, -0.2) is 0 Å². The molecule has 0 radical (unpaired) electrons. The Morgan fingerprint density at radius 1 is 0.857 bits per heavy atom. The lowest BCUT2D eigenvalue weighted by Crippen LogP contribution is -2.21. The van der Waals surface area contributed by atoms with Crippen LogP contribution in [0.4, 0.5) is 0 Å². The Bertz CT molecular complexity index is 298. The van der Waals surface area contributed by atoms with E-state index in [1.165, 1.54) is 76.9 Å². The fourth-order valence-corrected chi connectivity index (χ4v) is 4.92. The van der Waals surface area contributed by atoms with Crippen LogP contribution in [0.15, 0.2) is 0 Å². The fraction of sp³-hybridized carbons (Fsp3) is 0.950. The summed E-state index contributed by atoms with van der Waals surface area (Å²) >= 11 is 0. The molecule has 122 valence electrons. The van der Waals surface area contributed by atoms with Crippen LogP contribution in [0.25, 0.3) is 0 Å². The predicted octanol–water partition coefficient (Wildman–Crippen LogP) is 6.01. The zero-order valence-corrected chi connectivity index (χ0v) is 14.4. The van der Waals surface area contributed by atoms with E-state index >= 15 is 0 Å². The Hall–Kier alpha value is -0.330. The highest BCUT2D eigenvalue weighted by molar-refractivity contribution is 5.54.